The van der Waals surface area contributed by atoms with Crippen LogP contribution in [0.5, 0.6) is 0 Å². The van der Waals surface area contributed by atoms with Crippen LogP contribution in [-0.4, -0.2) is 26.5 Å². The van der Waals surface area contributed by atoms with E-state index < -0.39 is 0 Å². The molecule has 0 unspecified atom stereocenters. The number of rotatable bonds is 3. The Morgan fingerprint density at radius 1 is 1.38 bits per heavy atom. The van der Waals surface area contributed by atoms with E-state index in [2.05, 4.69) is 25.3 Å². The minimum Gasteiger partial charge on any atom is -0.368 e. The van der Waals surface area contributed by atoms with Crippen LogP contribution in [0.2, 0.25) is 5.28 Å². The molecule has 16 heavy (non-hydrogen) atoms. The number of anilines is 1. The van der Waals surface area contributed by atoms with Gasteiger partial charge in [-0.05, 0) is 30.4 Å². The SMILES string of the molecule is O=c1[nH]c2nc(Cl)nc(NCC3CC3)c2[nH]1. The van der Waals surface area contributed by atoms with Gasteiger partial charge < -0.3 is 10.3 Å². The Bertz CT molecular complexity index is 585. The van der Waals surface area contributed by atoms with Crippen LogP contribution in [0, 0.1) is 5.92 Å². The summed E-state index contributed by atoms with van der Waals surface area (Å²) in [4.78, 5) is 24.3. The number of nitrogens with zero attached hydrogens (tertiary/aromatic N) is 2. The summed E-state index contributed by atoms with van der Waals surface area (Å²) in [6.45, 7) is 0.857. The van der Waals surface area contributed by atoms with Gasteiger partial charge in [0.15, 0.2) is 11.5 Å². The van der Waals surface area contributed by atoms with Crippen LogP contribution in [0.4, 0.5) is 5.82 Å². The number of H-pyrrole nitrogens is 2. The van der Waals surface area contributed by atoms with Gasteiger partial charge in [0.05, 0.1) is 0 Å². The van der Waals surface area contributed by atoms with E-state index in [1.165, 1.54) is 12.8 Å². The maximum absolute atomic E-state index is 11.2. The topological polar surface area (TPSA) is 86.5 Å². The van der Waals surface area contributed by atoms with Crippen LogP contribution in [-0.2, 0) is 0 Å². The Hall–Kier alpha value is -1.56. The Balaban J connectivity index is 2.02. The van der Waals surface area contributed by atoms with Crippen LogP contribution in [0.25, 0.3) is 11.2 Å². The zero-order chi connectivity index (χ0) is 11.1. The average molecular weight is 240 g/mol. The third kappa shape index (κ3) is 1.76. The number of aromatic amines is 2. The van der Waals surface area contributed by atoms with Crippen molar-refractivity contribution in [2.75, 3.05) is 11.9 Å². The highest BCUT2D eigenvalue weighted by Crippen LogP contribution is 2.29. The van der Waals surface area contributed by atoms with Gasteiger partial charge >= 0.3 is 5.69 Å². The highest BCUT2D eigenvalue weighted by molar-refractivity contribution is 6.28. The number of fused-ring (bicyclic) bond motifs is 1. The Morgan fingerprint density at radius 3 is 2.94 bits per heavy atom. The molecule has 84 valence electrons. The normalized spacial score (nSPS) is 15.6. The van der Waals surface area contributed by atoms with E-state index in [0.29, 0.717) is 17.0 Å². The molecule has 2 aromatic heterocycles. The molecule has 0 aromatic carbocycles. The van der Waals surface area contributed by atoms with Crippen molar-refractivity contribution in [3.63, 3.8) is 0 Å². The molecule has 0 amide bonds. The molecule has 0 spiro atoms. The second-order valence-electron chi connectivity index (χ2n) is 3.97. The maximum atomic E-state index is 11.2. The predicted octanol–water partition coefficient (Wildman–Crippen LogP) is 1.12. The van der Waals surface area contributed by atoms with Gasteiger partial charge in [0.1, 0.15) is 5.52 Å². The van der Waals surface area contributed by atoms with Crippen molar-refractivity contribution in [3.8, 4) is 0 Å². The molecule has 0 aliphatic heterocycles. The van der Waals surface area contributed by atoms with E-state index in [-0.39, 0.29) is 11.0 Å². The fraction of sp³-hybridized carbons (Fsp3) is 0.444. The van der Waals surface area contributed by atoms with Gasteiger partial charge in [0.2, 0.25) is 5.28 Å². The first kappa shape index (κ1) is 9.65. The van der Waals surface area contributed by atoms with Crippen molar-refractivity contribution < 1.29 is 0 Å². The Morgan fingerprint density at radius 2 is 2.19 bits per heavy atom. The molecular formula is C9H10ClN5O. The lowest BCUT2D eigenvalue weighted by Crippen LogP contribution is -2.06. The van der Waals surface area contributed by atoms with E-state index >= 15 is 0 Å². The molecule has 0 saturated heterocycles. The van der Waals surface area contributed by atoms with Gasteiger partial charge in [-0.15, -0.1) is 0 Å². The van der Waals surface area contributed by atoms with Crippen molar-refractivity contribution in [1.29, 1.82) is 0 Å². The van der Waals surface area contributed by atoms with Crippen molar-refractivity contribution >= 4 is 28.6 Å². The van der Waals surface area contributed by atoms with Crippen molar-refractivity contribution in [2.45, 2.75) is 12.8 Å². The first-order valence-corrected chi connectivity index (χ1v) is 5.49. The minimum atomic E-state index is -0.305. The highest BCUT2D eigenvalue weighted by Gasteiger charge is 2.21. The number of hydrogen-bond donors (Lipinski definition) is 3. The molecule has 0 radical (unpaired) electrons. The van der Waals surface area contributed by atoms with Gasteiger partial charge in [0.25, 0.3) is 0 Å². The van der Waals surface area contributed by atoms with E-state index in [0.717, 1.165) is 12.5 Å². The average Bonchev–Trinajstić information content (AvgIpc) is 2.97. The molecule has 2 heterocycles. The van der Waals surface area contributed by atoms with Crippen LogP contribution < -0.4 is 11.0 Å². The van der Waals surface area contributed by atoms with Crippen LogP contribution >= 0.6 is 11.6 Å². The highest BCUT2D eigenvalue weighted by atomic mass is 35.5. The molecule has 0 bridgehead atoms. The molecule has 1 fully saturated rings. The molecule has 6 nitrogen and oxygen atoms in total. The summed E-state index contributed by atoms with van der Waals surface area (Å²) in [5.74, 6) is 1.30. The zero-order valence-electron chi connectivity index (χ0n) is 8.38. The summed E-state index contributed by atoms with van der Waals surface area (Å²) in [5, 5.41) is 3.30. The molecule has 2 aromatic rings. The lowest BCUT2D eigenvalue weighted by Gasteiger charge is -2.04. The first-order chi connectivity index (χ1) is 7.72. The number of nitrogens with one attached hydrogen (secondary N) is 3. The maximum Gasteiger partial charge on any atom is 0.325 e. The van der Waals surface area contributed by atoms with Crippen molar-refractivity contribution in [3.05, 3.63) is 15.8 Å². The lowest BCUT2D eigenvalue weighted by atomic mass is 10.4. The number of aromatic nitrogens is 4. The Labute approximate surface area is 95.4 Å². The van der Waals surface area contributed by atoms with Gasteiger partial charge in [-0.2, -0.15) is 9.97 Å². The number of hydrogen-bond acceptors (Lipinski definition) is 4. The quantitative estimate of drug-likeness (QED) is 0.701. The fourth-order valence-electron chi connectivity index (χ4n) is 1.59. The van der Waals surface area contributed by atoms with E-state index in [1.54, 1.807) is 0 Å². The molecule has 1 aliphatic rings. The summed E-state index contributed by atoms with van der Waals surface area (Å²) in [5.41, 5.74) is 0.708. The second kappa shape index (κ2) is 3.48. The van der Waals surface area contributed by atoms with E-state index in [4.69, 9.17) is 11.6 Å². The molecule has 3 rings (SSSR count). The van der Waals surface area contributed by atoms with Crippen LogP contribution in [0.15, 0.2) is 4.79 Å². The van der Waals surface area contributed by atoms with Gasteiger partial charge in [0, 0.05) is 6.54 Å². The van der Waals surface area contributed by atoms with Gasteiger partial charge in [-0.25, -0.2) is 4.79 Å². The predicted molar refractivity (Wildman–Crippen MR) is 60.7 cm³/mol. The summed E-state index contributed by atoms with van der Waals surface area (Å²) >= 11 is 5.77. The first-order valence-electron chi connectivity index (χ1n) is 5.12. The lowest BCUT2D eigenvalue weighted by molar-refractivity contribution is 0.883. The number of halogens is 1. The minimum absolute atomic E-state index is 0.126. The van der Waals surface area contributed by atoms with Crippen LogP contribution in [0.3, 0.4) is 0 Å². The van der Waals surface area contributed by atoms with Crippen molar-refractivity contribution in [1.82, 2.24) is 19.9 Å². The largest absolute Gasteiger partial charge is 0.368 e. The molecular weight excluding hydrogens is 230 g/mol. The van der Waals surface area contributed by atoms with E-state index in [9.17, 15) is 4.79 Å². The molecule has 1 saturated carbocycles. The van der Waals surface area contributed by atoms with Crippen LogP contribution in [0.1, 0.15) is 12.8 Å². The molecule has 0 atom stereocenters. The van der Waals surface area contributed by atoms with Gasteiger partial charge in [-0.1, -0.05) is 0 Å². The second-order valence-corrected chi connectivity index (χ2v) is 4.31. The summed E-state index contributed by atoms with van der Waals surface area (Å²) < 4.78 is 0. The van der Waals surface area contributed by atoms with E-state index in [1.807, 2.05) is 0 Å². The van der Waals surface area contributed by atoms with Crippen molar-refractivity contribution in [2.24, 2.45) is 5.92 Å². The standard InChI is InChI=1S/C9H10ClN5O/c10-8-13-6(11-3-4-1-2-4)5-7(14-8)15-9(16)12-5/h4H,1-3H2,(H3,11,12,13,14,15,16). The molecule has 7 heteroatoms. The third-order valence-corrected chi connectivity index (χ3v) is 2.78. The number of imidazole rings is 1. The summed E-state index contributed by atoms with van der Waals surface area (Å²) in [6, 6.07) is 0. The third-order valence-electron chi connectivity index (χ3n) is 2.61. The monoisotopic (exact) mass is 239 g/mol. The fourth-order valence-corrected chi connectivity index (χ4v) is 1.75. The smallest absolute Gasteiger partial charge is 0.325 e. The molecule has 3 N–H and O–H groups in total. The summed E-state index contributed by atoms with van der Waals surface area (Å²) in [7, 11) is 0. The van der Waals surface area contributed by atoms with Gasteiger partial charge in [-0.3, -0.25) is 4.98 Å². The zero-order valence-corrected chi connectivity index (χ0v) is 9.14. The Kier molecular flexibility index (Phi) is 2.10. The summed E-state index contributed by atoms with van der Waals surface area (Å²) in [6.07, 6.45) is 2.50. The molecule has 1 aliphatic carbocycles.